The van der Waals surface area contributed by atoms with Gasteiger partial charge in [0.05, 0.1) is 24.3 Å². The molecule has 0 spiro atoms. The van der Waals surface area contributed by atoms with Gasteiger partial charge in [-0.2, -0.15) is 4.98 Å². The molecule has 2 aromatic rings. The van der Waals surface area contributed by atoms with Crippen LogP contribution in [0.2, 0.25) is 0 Å². The summed E-state index contributed by atoms with van der Waals surface area (Å²) in [4.78, 5) is 46.2. The summed E-state index contributed by atoms with van der Waals surface area (Å²) < 4.78 is 17.2. The first kappa shape index (κ1) is 24.1. The summed E-state index contributed by atoms with van der Waals surface area (Å²) in [6.45, 7) is 8.96. The van der Waals surface area contributed by atoms with Crippen LogP contribution in [0.4, 0.5) is 11.5 Å². The van der Waals surface area contributed by atoms with E-state index >= 15 is 0 Å². The molecule has 2 saturated heterocycles. The zero-order valence-corrected chi connectivity index (χ0v) is 20.8. The maximum Gasteiger partial charge on any atom is 0.259 e. The molecule has 3 aliphatic rings. The summed E-state index contributed by atoms with van der Waals surface area (Å²) in [6, 6.07) is 3.57. The third-order valence-electron chi connectivity index (χ3n) is 6.70. The van der Waals surface area contributed by atoms with Gasteiger partial charge in [-0.15, -0.1) is 0 Å². The SMILES string of the molecule is CC(=O)N1CCN(c2ccc(NC(=O)c3coc4c3C(=O)NC(C)(C)C4)c(O[C@H]3CCOC3)n2)CC1. The third kappa shape index (κ3) is 4.88. The quantitative estimate of drug-likeness (QED) is 0.641. The number of nitrogens with one attached hydrogen (secondary N) is 2. The number of piperazine rings is 1. The third-order valence-corrected chi connectivity index (χ3v) is 6.70. The van der Waals surface area contributed by atoms with Crippen molar-refractivity contribution in [2.24, 2.45) is 0 Å². The van der Waals surface area contributed by atoms with E-state index in [9.17, 15) is 14.4 Å². The van der Waals surface area contributed by atoms with Crippen molar-refractivity contribution in [1.82, 2.24) is 15.2 Å². The number of furan rings is 1. The van der Waals surface area contributed by atoms with Crippen LogP contribution >= 0.6 is 0 Å². The zero-order valence-electron chi connectivity index (χ0n) is 20.8. The number of ether oxygens (including phenoxy) is 2. The molecule has 0 aromatic carbocycles. The smallest absolute Gasteiger partial charge is 0.259 e. The van der Waals surface area contributed by atoms with Crippen LogP contribution in [0, 0.1) is 0 Å². The molecule has 2 fully saturated rings. The normalized spacial score (nSPS) is 21.1. The van der Waals surface area contributed by atoms with Gasteiger partial charge in [-0.05, 0) is 26.0 Å². The number of hydrogen-bond acceptors (Lipinski definition) is 8. The standard InChI is InChI=1S/C25H31N5O6/c1-15(31)29-7-9-30(10-8-29)20-5-4-18(24(27-20)36-16-6-11-34-13-16)26-22(32)17-14-35-19-12-25(2,3)28-23(33)21(17)19/h4-5,14,16H,6-13H2,1-3H3,(H,26,32)(H,28,33)/t16-/m0/s1. The van der Waals surface area contributed by atoms with Gasteiger partial charge in [0.1, 0.15) is 29.6 Å². The van der Waals surface area contributed by atoms with E-state index in [1.807, 2.05) is 19.9 Å². The number of carbonyl (C=O) groups excluding carboxylic acids is 3. The highest BCUT2D eigenvalue weighted by atomic mass is 16.5. The largest absolute Gasteiger partial charge is 0.470 e. The van der Waals surface area contributed by atoms with E-state index in [1.165, 1.54) is 6.26 Å². The van der Waals surface area contributed by atoms with E-state index in [-0.39, 0.29) is 34.9 Å². The van der Waals surface area contributed by atoms with Gasteiger partial charge in [0.25, 0.3) is 11.8 Å². The highest BCUT2D eigenvalue weighted by molar-refractivity contribution is 6.13. The monoisotopic (exact) mass is 497 g/mol. The Bertz CT molecular complexity index is 1180. The van der Waals surface area contributed by atoms with Crippen molar-refractivity contribution in [2.45, 2.75) is 45.3 Å². The average molecular weight is 498 g/mol. The summed E-state index contributed by atoms with van der Waals surface area (Å²) in [5.41, 5.74) is 0.365. The second-order valence-electron chi connectivity index (χ2n) is 10.0. The summed E-state index contributed by atoms with van der Waals surface area (Å²) in [7, 11) is 0. The van der Waals surface area contributed by atoms with Gasteiger partial charge in [-0.25, -0.2) is 0 Å². The Morgan fingerprint density at radius 2 is 2.00 bits per heavy atom. The first-order valence-corrected chi connectivity index (χ1v) is 12.2. The van der Waals surface area contributed by atoms with Gasteiger partial charge < -0.3 is 34.3 Å². The van der Waals surface area contributed by atoms with Gasteiger partial charge in [0, 0.05) is 51.5 Å². The van der Waals surface area contributed by atoms with Crippen LogP contribution in [0.3, 0.4) is 0 Å². The van der Waals surface area contributed by atoms with Gasteiger partial charge in [0.15, 0.2) is 0 Å². The molecule has 192 valence electrons. The first-order chi connectivity index (χ1) is 17.2. The average Bonchev–Trinajstić information content (AvgIpc) is 3.49. The van der Waals surface area contributed by atoms with Crippen LogP contribution in [-0.2, 0) is 16.0 Å². The Morgan fingerprint density at radius 3 is 2.69 bits per heavy atom. The Morgan fingerprint density at radius 1 is 1.22 bits per heavy atom. The van der Waals surface area contributed by atoms with E-state index in [0.717, 1.165) is 6.42 Å². The van der Waals surface area contributed by atoms with E-state index in [4.69, 9.17) is 18.9 Å². The predicted molar refractivity (Wildman–Crippen MR) is 130 cm³/mol. The lowest BCUT2D eigenvalue weighted by Crippen LogP contribution is -2.49. The summed E-state index contributed by atoms with van der Waals surface area (Å²) in [5.74, 6) is 0.724. The Hall–Kier alpha value is -3.60. The number of fused-ring (bicyclic) bond motifs is 1. The summed E-state index contributed by atoms with van der Waals surface area (Å²) >= 11 is 0. The van der Waals surface area contributed by atoms with Crippen LogP contribution in [-0.4, -0.2) is 78.6 Å². The molecule has 5 rings (SSSR count). The molecule has 0 saturated carbocycles. The Labute approximate surface area is 209 Å². The molecule has 3 amide bonds. The van der Waals surface area contributed by atoms with Gasteiger partial charge in [0.2, 0.25) is 11.8 Å². The molecule has 2 N–H and O–H groups in total. The van der Waals surface area contributed by atoms with Gasteiger partial charge in [-0.1, -0.05) is 0 Å². The van der Waals surface area contributed by atoms with E-state index < -0.39 is 11.4 Å². The minimum Gasteiger partial charge on any atom is -0.470 e. The molecule has 0 aliphatic carbocycles. The molecule has 3 aliphatic heterocycles. The van der Waals surface area contributed by atoms with Crippen molar-refractivity contribution in [1.29, 1.82) is 0 Å². The number of aromatic nitrogens is 1. The fraction of sp³-hybridized carbons (Fsp3) is 0.520. The van der Waals surface area contributed by atoms with Gasteiger partial charge in [-0.3, -0.25) is 14.4 Å². The molecule has 5 heterocycles. The number of rotatable bonds is 5. The molecule has 0 bridgehead atoms. The highest BCUT2D eigenvalue weighted by Crippen LogP contribution is 2.31. The Kier molecular flexibility index (Phi) is 6.33. The van der Waals surface area contributed by atoms with Crippen molar-refractivity contribution in [3.05, 3.63) is 35.3 Å². The lowest BCUT2D eigenvalue weighted by atomic mass is 9.91. The Balaban J connectivity index is 1.38. The molecule has 1 atom stereocenters. The van der Waals surface area contributed by atoms with Crippen LogP contribution < -0.4 is 20.3 Å². The topological polar surface area (TPSA) is 126 Å². The van der Waals surface area contributed by atoms with E-state index in [2.05, 4.69) is 15.5 Å². The maximum absolute atomic E-state index is 13.2. The predicted octanol–water partition coefficient (Wildman–Crippen LogP) is 1.83. The molecule has 11 nitrogen and oxygen atoms in total. The molecule has 2 aromatic heterocycles. The number of pyridine rings is 1. The van der Waals surface area contributed by atoms with Crippen molar-refractivity contribution < 1.29 is 28.3 Å². The van der Waals surface area contributed by atoms with Crippen molar-refractivity contribution in [3.8, 4) is 5.88 Å². The highest BCUT2D eigenvalue weighted by Gasteiger charge is 2.36. The fourth-order valence-corrected chi connectivity index (χ4v) is 4.76. The zero-order chi connectivity index (χ0) is 25.4. The second kappa shape index (κ2) is 9.45. The lowest BCUT2D eigenvalue weighted by Gasteiger charge is -2.35. The number of anilines is 2. The maximum atomic E-state index is 13.2. The molecule has 36 heavy (non-hydrogen) atoms. The van der Waals surface area contributed by atoms with Crippen molar-refractivity contribution >= 4 is 29.2 Å². The molecule has 0 unspecified atom stereocenters. The van der Waals surface area contributed by atoms with Crippen molar-refractivity contribution in [3.63, 3.8) is 0 Å². The number of carbonyl (C=O) groups is 3. The van der Waals surface area contributed by atoms with Gasteiger partial charge >= 0.3 is 0 Å². The summed E-state index contributed by atoms with van der Waals surface area (Å²) in [6.07, 6.45) is 2.36. The van der Waals surface area contributed by atoms with Crippen LogP contribution in [0.5, 0.6) is 5.88 Å². The molecule has 0 radical (unpaired) electrons. The molecular formula is C25H31N5O6. The molecular weight excluding hydrogens is 466 g/mol. The number of amides is 3. The van der Waals surface area contributed by atoms with Crippen molar-refractivity contribution in [2.75, 3.05) is 49.6 Å². The van der Waals surface area contributed by atoms with Crippen LogP contribution in [0.25, 0.3) is 0 Å². The van der Waals surface area contributed by atoms with Crippen LogP contribution in [0.1, 0.15) is 53.7 Å². The lowest BCUT2D eigenvalue weighted by molar-refractivity contribution is -0.129. The minimum absolute atomic E-state index is 0.0598. The number of hydrogen-bond donors (Lipinski definition) is 2. The first-order valence-electron chi connectivity index (χ1n) is 12.2. The molecule has 11 heteroatoms. The minimum atomic E-state index is -0.480. The number of nitrogens with zero attached hydrogens (tertiary/aromatic N) is 3. The summed E-state index contributed by atoms with van der Waals surface area (Å²) in [5, 5.41) is 5.76. The van der Waals surface area contributed by atoms with Crippen LogP contribution in [0.15, 0.2) is 22.8 Å². The van der Waals surface area contributed by atoms with E-state index in [0.29, 0.717) is 63.1 Å². The second-order valence-corrected chi connectivity index (χ2v) is 10.0. The van der Waals surface area contributed by atoms with E-state index in [1.54, 1.807) is 17.9 Å². The fourth-order valence-electron chi connectivity index (χ4n) is 4.76.